The van der Waals surface area contributed by atoms with Gasteiger partial charge in [-0.05, 0) is 38.3 Å². The number of carbonyl (C=O) groups is 1. The number of fused-ring (bicyclic) bond motifs is 1. The van der Waals surface area contributed by atoms with Crippen molar-refractivity contribution < 1.29 is 9.53 Å². The number of amides is 1. The van der Waals surface area contributed by atoms with E-state index in [1.165, 1.54) is 0 Å². The van der Waals surface area contributed by atoms with Crippen LogP contribution in [0.15, 0.2) is 40.9 Å². The van der Waals surface area contributed by atoms with Gasteiger partial charge in [-0.25, -0.2) is 4.79 Å². The second-order valence-corrected chi connectivity index (χ2v) is 6.12. The zero-order chi connectivity index (χ0) is 14.0. The standard InChI is InChI=1S/C15H16BrNO2/c1-15(2,3)19-14(18)17-13-9-5-6-10-11(13)7-4-8-12(10)16/h4-9H,1-3H3,(H,17,18). The van der Waals surface area contributed by atoms with Crippen molar-refractivity contribution >= 4 is 38.5 Å². The van der Waals surface area contributed by atoms with Gasteiger partial charge in [-0.1, -0.05) is 40.2 Å². The molecule has 2 aromatic carbocycles. The van der Waals surface area contributed by atoms with E-state index in [0.717, 1.165) is 20.9 Å². The minimum absolute atomic E-state index is 0.444. The molecule has 1 amide bonds. The topological polar surface area (TPSA) is 38.3 Å². The Morgan fingerprint density at radius 2 is 1.74 bits per heavy atom. The Hall–Kier alpha value is -1.55. The molecule has 0 aliphatic carbocycles. The molecule has 0 saturated heterocycles. The molecule has 0 aromatic heterocycles. The van der Waals surface area contributed by atoms with Gasteiger partial charge in [0.05, 0.1) is 5.69 Å². The number of anilines is 1. The van der Waals surface area contributed by atoms with Gasteiger partial charge >= 0.3 is 6.09 Å². The Labute approximate surface area is 121 Å². The van der Waals surface area contributed by atoms with Crippen molar-refractivity contribution in [2.45, 2.75) is 26.4 Å². The maximum atomic E-state index is 11.8. The molecule has 2 aromatic rings. The highest BCUT2D eigenvalue weighted by Gasteiger charge is 2.16. The van der Waals surface area contributed by atoms with Gasteiger partial charge in [-0.15, -0.1) is 0 Å². The molecule has 0 saturated carbocycles. The highest BCUT2D eigenvalue weighted by Crippen LogP contribution is 2.29. The van der Waals surface area contributed by atoms with E-state index in [1.807, 2.05) is 57.2 Å². The van der Waals surface area contributed by atoms with Crippen molar-refractivity contribution in [3.63, 3.8) is 0 Å². The lowest BCUT2D eigenvalue weighted by Crippen LogP contribution is -2.27. The molecule has 100 valence electrons. The van der Waals surface area contributed by atoms with Gasteiger partial charge in [0.1, 0.15) is 5.60 Å². The van der Waals surface area contributed by atoms with Crippen molar-refractivity contribution in [1.29, 1.82) is 0 Å². The number of rotatable bonds is 1. The fraction of sp³-hybridized carbons (Fsp3) is 0.267. The average Bonchev–Trinajstić information content (AvgIpc) is 2.28. The summed E-state index contributed by atoms with van der Waals surface area (Å²) in [6, 6.07) is 11.6. The van der Waals surface area contributed by atoms with E-state index in [1.54, 1.807) is 0 Å². The van der Waals surface area contributed by atoms with E-state index in [9.17, 15) is 4.79 Å². The maximum absolute atomic E-state index is 11.8. The van der Waals surface area contributed by atoms with Gasteiger partial charge in [0, 0.05) is 9.86 Å². The molecular weight excluding hydrogens is 306 g/mol. The van der Waals surface area contributed by atoms with Crippen molar-refractivity contribution in [1.82, 2.24) is 0 Å². The fourth-order valence-electron chi connectivity index (χ4n) is 1.79. The molecule has 0 bridgehead atoms. The molecule has 0 aliphatic rings. The molecule has 3 nitrogen and oxygen atoms in total. The summed E-state index contributed by atoms with van der Waals surface area (Å²) in [6.07, 6.45) is -0.444. The lowest BCUT2D eigenvalue weighted by Gasteiger charge is -2.20. The van der Waals surface area contributed by atoms with E-state index in [2.05, 4.69) is 21.2 Å². The van der Waals surface area contributed by atoms with Crippen LogP contribution < -0.4 is 5.32 Å². The van der Waals surface area contributed by atoms with E-state index in [4.69, 9.17) is 4.74 Å². The lowest BCUT2D eigenvalue weighted by atomic mass is 10.1. The van der Waals surface area contributed by atoms with Crippen molar-refractivity contribution in [2.75, 3.05) is 5.32 Å². The van der Waals surface area contributed by atoms with Crippen LogP contribution in [0.2, 0.25) is 0 Å². The average molecular weight is 322 g/mol. The first-order valence-corrected chi connectivity index (χ1v) is 6.83. The lowest BCUT2D eigenvalue weighted by molar-refractivity contribution is 0.0636. The molecule has 0 unspecified atom stereocenters. The monoisotopic (exact) mass is 321 g/mol. The fourth-order valence-corrected chi connectivity index (χ4v) is 2.29. The van der Waals surface area contributed by atoms with Crippen LogP contribution in [0.3, 0.4) is 0 Å². The molecule has 0 fully saturated rings. The van der Waals surface area contributed by atoms with Crippen molar-refractivity contribution in [2.24, 2.45) is 0 Å². The van der Waals surface area contributed by atoms with Crippen LogP contribution in [-0.4, -0.2) is 11.7 Å². The molecule has 0 atom stereocenters. The SMILES string of the molecule is CC(C)(C)OC(=O)Nc1cccc2c(Br)cccc12. The second kappa shape index (κ2) is 5.21. The molecule has 0 radical (unpaired) electrons. The number of benzene rings is 2. The van der Waals surface area contributed by atoms with E-state index in [0.29, 0.717) is 0 Å². The first-order chi connectivity index (χ1) is 8.87. The zero-order valence-corrected chi connectivity index (χ0v) is 12.7. The third kappa shape index (κ3) is 3.47. The summed E-state index contributed by atoms with van der Waals surface area (Å²) in [5.74, 6) is 0. The molecule has 0 aliphatic heterocycles. The van der Waals surface area contributed by atoms with Gasteiger partial charge < -0.3 is 4.74 Å². The number of hydrogen-bond donors (Lipinski definition) is 1. The third-order valence-electron chi connectivity index (χ3n) is 2.50. The number of halogens is 1. The molecule has 0 heterocycles. The number of carbonyl (C=O) groups excluding carboxylic acids is 1. The van der Waals surface area contributed by atoms with Crippen LogP contribution in [0, 0.1) is 0 Å². The quantitative estimate of drug-likeness (QED) is 0.807. The van der Waals surface area contributed by atoms with Gasteiger partial charge in [0.2, 0.25) is 0 Å². The van der Waals surface area contributed by atoms with Gasteiger partial charge in [0.15, 0.2) is 0 Å². The highest BCUT2D eigenvalue weighted by atomic mass is 79.9. The number of nitrogens with one attached hydrogen (secondary N) is 1. The first-order valence-electron chi connectivity index (χ1n) is 6.04. The number of ether oxygens (including phenoxy) is 1. The van der Waals surface area contributed by atoms with Crippen LogP contribution in [0.4, 0.5) is 10.5 Å². The van der Waals surface area contributed by atoms with Crippen LogP contribution >= 0.6 is 15.9 Å². The Morgan fingerprint density at radius 1 is 1.11 bits per heavy atom. The predicted molar refractivity (Wildman–Crippen MR) is 81.5 cm³/mol. The van der Waals surface area contributed by atoms with Crippen LogP contribution in [0.25, 0.3) is 10.8 Å². The normalized spacial score (nSPS) is 11.4. The minimum Gasteiger partial charge on any atom is -0.444 e. The largest absolute Gasteiger partial charge is 0.444 e. The van der Waals surface area contributed by atoms with Crippen LogP contribution in [0.1, 0.15) is 20.8 Å². The molecule has 19 heavy (non-hydrogen) atoms. The summed E-state index contributed by atoms with van der Waals surface area (Å²) in [7, 11) is 0. The predicted octanol–water partition coefficient (Wildman–Crippen LogP) is 4.95. The summed E-state index contributed by atoms with van der Waals surface area (Å²) < 4.78 is 6.26. The second-order valence-electron chi connectivity index (χ2n) is 5.27. The van der Waals surface area contributed by atoms with Gasteiger partial charge in [-0.3, -0.25) is 5.32 Å². The summed E-state index contributed by atoms with van der Waals surface area (Å²) >= 11 is 3.50. The Kier molecular flexibility index (Phi) is 3.80. The highest BCUT2D eigenvalue weighted by molar-refractivity contribution is 9.10. The van der Waals surface area contributed by atoms with Crippen molar-refractivity contribution in [3.8, 4) is 0 Å². The Bertz CT molecular complexity index is 617. The first kappa shape index (κ1) is 13.9. The molecular formula is C15H16BrNO2. The summed E-state index contributed by atoms with van der Waals surface area (Å²) in [4.78, 5) is 11.8. The third-order valence-corrected chi connectivity index (χ3v) is 3.20. The van der Waals surface area contributed by atoms with Gasteiger partial charge in [0.25, 0.3) is 0 Å². The van der Waals surface area contributed by atoms with E-state index >= 15 is 0 Å². The summed E-state index contributed by atoms with van der Waals surface area (Å²) in [5, 5.41) is 4.81. The van der Waals surface area contributed by atoms with Crippen LogP contribution in [0.5, 0.6) is 0 Å². The maximum Gasteiger partial charge on any atom is 0.412 e. The Morgan fingerprint density at radius 3 is 2.42 bits per heavy atom. The molecule has 4 heteroatoms. The van der Waals surface area contributed by atoms with E-state index < -0.39 is 11.7 Å². The molecule has 1 N–H and O–H groups in total. The molecule has 0 spiro atoms. The summed E-state index contributed by atoms with van der Waals surface area (Å²) in [5.41, 5.74) is 0.239. The number of hydrogen-bond acceptors (Lipinski definition) is 2. The van der Waals surface area contributed by atoms with Gasteiger partial charge in [-0.2, -0.15) is 0 Å². The van der Waals surface area contributed by atoms with E-state index in [-0.39, 0.29) is 0 Å². The minimum atomic E-state index is -0.505. The summed E-state index contributed by atoms with van der Waals surface area (Å²) in [6.45, 7) is 5.52. The molecule has 2 rings (SSSR count). The van der Waals surface area contributed by atoms with Crippen molar-refractivity contribution in [3.05, 3.63) is 40.9 Å². The zero-order valence-electron chi connectivity index (χ0n) is 11.2. The Balaban J connectivity index is 2.31. The smallest absolute Gasteiger partial charge is 0.412 e. The van der Waals surface area contributed by atoms with Crippen LogP contribution in [-0.2, 0) is 4.74 Å².